The molecule has 0 fully saturated rings. The van der Waals surface area contributed by atoms with Crippen LogP contribution in [0.4, 0.5) is 13.2 Å². The second-order valence-electron chi connectivity index (χ2n) is 9.23. The van der Waals surface area contributed by atoms with Crippen LogP contribution in [0.2, 0.25) is 0 Å². The molecule has 0 saturated carbocycles. The highest BCUT2D eigenvalue weighted by molar-refractivity contribution is 9.10. The molecule has 3 rings (SSSR count). The Kier molecular flexibility index (Phi) is 10.6. The average Bonchev–Trinajstić information content (AvgIpc) is 3.33. The number of rotatable bonds is 12. The van der Waals surface area contributed by atoms with Crippen LogP contribution in [-0.4, -0.2) is 45.8 Å². The Morgan fingerprint density at radius 2 is 1.66 bits per heavy atom. The van der Waals surface area contributed by atoms with E-state index in [0.717, 1.165) is 40.7 Å². The van der Waals surface area contributed by atoms with Crippen LogP contribution < -0.4 is 0 Å². The maximum Gasteiger partial charge on any atom is 0.416 e. The Hall–Kier alpha value is -3.07. The Bertz CT molecular complexity index is 1210. The zero-order valence-electron chi connectivity index (χ0n) is 21.7. The van der Waals surface area contributed by atoms with E-state index in [-0.39, 0.29) is 24.6 Å². The molecule has 0 aliphatic carbocycles. The molecule has 0 bridgehead atoms. The van der Waals surface area contributed by atoms with Crippen molar-refractivity contribution >= 4 is 27.7 Å². The Morgan fingerprint density at radius 1 is 0.921 bits per heavy atom. The number of aromatic nitrogens is 1. The van der Waals surface area contributed by atoms with Gasteiger partial charge in [-0.3, -0.25) is 9.59 Å². The summed E-state index contributed by atoms with van der Waals surface area (Å²) >= 11 is 3.45. The van der Waals surface area contributed by atoms with Crippen LogP contribution in [0.15, 0.2) is 71.3 Å². The average molecular weight is 593 g/mol. The van der Waals surface area contributed by atoms with Crippen molar-refractivity contribution in [2.24, 2.45) is 0 Å². The zero-order valence-corrected chi connectivity index (χ0v) is 23.3. The van der Waals surface area contributed by atoms with E-state index in [4.69, 9.17) is 0 Å². The number of hydrogen-bond acceptors (Lipinski definition) is 2. The summed E-state index contributed by atoms with van der Waals surface area (Å²) < 4.78 is 42.7. The summed E-state index contributed by atoms with van der Waals surface area (Å²) in [5, 5.41) is 0. The van der Waals surface area contributed by atoms with Crippen molar-refractivity contribution in [2.45, 2.75) is 52.4 Å². The second kappa shape index (κ2) is 13.6. The molecule has 0 spiro atoms. The smallest absolute Gasteiger partial charge is 0.345 e. The van der Waals surface area contributed by atoms with E-state index >= 15 is 0 Å². The number of carbonyl (C=O) groups excluding carboxylic acids is 2. The van der Waals surface area contributed by atoms with Gasteiger partial charge in [0.15, 0.2) is 0 Å². The molecule has 2 amide bonds. The number of alkyl halides is 3. The summed E-state index contributed by atoms with van der Waals surface area (Å²) in [5.74, 6) is -0.816. The SMILES string of the molecule is CCCCN(Cc1cccn1Cc1ccc(Br)cc1)C(=O)CN(CCC)C(=O)c1cccc(C(F)(F)F)c1. The molecule has 1 heterocycles. The highest BCUT2D eigenvalue weighted by Gasteiger charge is 2.31. The summed E-state index contributed by atoms with van der Waals surface area (Å²) in [6, 6.07) is 16.3. The molecule has 0 unspecified atom stereocenters. The van der Waals surface area contributed by atoms with Crippen molar-refractivity contribution in [1.29, 1.82) is 0 Å². The van der Waals surface area contributed by atoms with Crippen molar-refractivity contribution in [3.8, 4) is 0 Å². The molecule has 2 aromatic carbocycles. The van der Waals surface area contributed by atoms with Crippen LogP contribution in [0.25, 0.3) is 0 Å². The monoisotopic (exact) mass is 591 g/mol. The zero-order chi connectivity index (χ0) is 27.7. The Morgan fingerprint density at radius 3 is 2.32 bits per heavy atom. The molecule has 0 aliphatic rings. The fourth-order valence-electron chi connectivity index (χ4n) is 4.17. The molecule has 0 radical (unpaired) electrons. The van der Waals surface area contributed by atoms with Gasteiger partial charge in [-0.15, -0.1) is 0 Å². The molecule has 5 nitrogen and oxygen atoms in total. The number of unbranched alkanes of at least 4 members (excludes halogenated alkanes) is 1. The number of amides is 2. The minimum atomic E-state index is -4.55. The molecule has 1 aromatic heterocycles. The molecule has 204 valence electrons. The van der Waals surface area contributed by atoms with E-state index in [0.29, 0.717) is 26.1 Å². The first kappa shape index (κ1) is 29.5. The van der Waals surface area contributed by atoms with E-state index in [1.54, 1.807) is 4.90 Å². The predicted molar refractivity (Wildman–Crippen MR) is 146 cm³/mol. The lowest BCUT2D eigenvalue weighted by Gasteiger charge is -2.28. The maximum atomic E-state index is 13.5. The fraction of sp³-hybridized carbons (Fsp3) is 0.379. The lowest BCUT2D eigenvalue weighted by atomic mass is 10.1. The van der Waals surface area contributed by atoms with E-state index in [1.807, 2.05) is 56.4 Å². The summed E-state index contributed by atoms with van der Waals surface area (Å²) in [4.78, 5) is 29.7. The third-order valence-corrected chi connectivity index (χ3v) is 6.75. The highest BCUT2D eigenvalue weighted by Crippen LogP contribution is 2.29. The Labute approximate surface area is 230 Å². The van der Waals surface area contributed by atoms with Gasteiger partial charge in [-0.2, -0.15) is 13.2 Å². The lowest BCUT2D eigenvalue weighted by molar-refractivity contribution is -0.137. The highest BCUT2D eigenvalue weighted by atomic mass is 79.9. The van der Waals surface area contributed by atoms with Crippen LogP contribution in [-0.2, 0) is 24.1 Å². The molecule has 0 aliphatic heterocycles. The summed E-state index contributed by atoms with van der Waals surface area (Å²) in [7, 11) is 0. The molecular weight excluding hydrogens is 559 g/mol. The first-order chi connectivity index (χ1) is 18.1. The van der Waals surface area contributed by atoms with Crippen LogP contribution >= 0.6 is 15.9 Å². The van der Waals surface area contributed by atoms with Crippen LogP contribution in [0.1, 0.15) is 60.3 Å². The third kappa shape index (κ3) is 8.21. The van der Waals surface area contributed by atoms with Gasteiger partial charge in [0.05, 0.1) is 12.1 Å². The van der Waals surface area contributed by atoms with Gasteiger partial charge in [0, 0.05) is 41.6 Å². The fourth-order valence-corrected chi connectivity index (χ4v) is 4.43. The largest absolute Gasteiger partial charge is 0.416 e. The molecule has 38 heavy (non-hydrogen) atoms. The van der Waals surface area contributed by atoms with E-state index in [9.17, 15) is 22.8 Å². The van der Waals surface area contributed by atoms with E-state index in [2.05, 4.69) is 20.5 Å². The maximum absolute atomic E-state index is 13.5. The third-order valence-electron chi connectivity index (χ3n) is 6.22. The number of carbonyl (C=O) groups is 2. The van der Waals surface area contributed by atoms with Gasteiger partial charge < -0.3 is 14.4 Å². The van der Waals surface area contributed by atoms with Gasteiger partial charge in [-0.1, -0.05) is 54.4 Å². The van der Waals surface area contributed by atoms with Gasteiger partial charge in [0.1, 0.15) is 6.54 Å². The minimum Gasteiger partial charge on any atom is -0.345 e. The van der Waals surface area contributed by atoms with Crippen molar-refractivity contribution in [3.05, 3.63) is 93.7 Å². The van der Waals surface area contributed by atoms with Crippen LogP contribution in [0.3, 0.4) is 0 Å². The predicted octanol–water partition coefficient (Wildman–Crippen LogP) is 7.00. The summed E-state index contributed by atoms with van der Waals surface area (Å²) in [6.07, 6.45) is -0.312. The van der Waals surface area contributed by atoms with E-state index in [1.165, 1.54) is 17.0 Å². The van der Waals surface area contributed by atoms with Crippen molar-refractivity contribution < 1.29 is 22.8 Å². The van der Waals surface area contributed by atoms with Crippen LogP contribution in [0.5, 0.6) is 0 Å². The number of halogens is 4. The Balaban J connectivity index is 1.77. The molecule has 0 N–H and O–H groups in total. The molecule has 3 aromatic rings. The molecule has 0 saturated heterocycles. The van der Waals surface area contributed by atoms with Crippen LogP contribution in [0, 0.1) is 0 Å². The normalized spacial score (nSPS) is 11.4. The van der Waals surface area contributed by atoms with Gasteiger partial charge in [0.2, 0.25) is 5.91 Å². The number of nitrogens with zero attached hydrogens (tertiary/aromatic N) is 3. The molecule has 9 heteroatoms. The van der Waals surface area contributed by atoms with Gasteiger partial charge >= 0.3 is 6.18 Å². The molecule has 0 atom stereocenters. The second-order valence-corrected chi connectivity index (χ2v) is 10.1. The number of benzene rings is 2. The number of hydrogen-bond donors (Lipinski definition) is 0. The van der Waals surface area contributed by atoms with E-state index < -0.39 is 17.6 Å². The summed E-state index contributed by atoms with van der Waals surface area (Å²) in [5.41, 5.74) is 1.12. The standard InChI is InChI=1S/C29H33BrF3N3O2/c1-3-5-16-35(20-26-10-7-17-34(26)19-22-11-13-25(30)14-12-22)27(37)21-36(15-4-2)28(38)23-8-6-9-24(18-23)29(31,32)33/h6-14,17-18H,3-5,15-16,19-21H2,1-2H3. The van der Waals surface area contributed by atoms with Gasteiger partial charge in [-0.25, -0.2) is 0 Å². The minimum absolute atomic E-state index is 0.0791. The first-order valence-electron chi connectivity index (χ1n) is 12.7. The first-order valence-corrected chi connectivity index (χ1v) is 13.5. The van der Waals surface area contributed by atoms with Crippen molar-refractivity contribution in [2.75, 3.05) is 19.6 Å². The lowest BCUT2D eigenvalue weighted by Crippen LogP contribution is -2.43. The summed E-state index contributed by atoms with van der Waals surface area (Å²) in [6.45, 7) is 5.53. The van der Waals surface area contributed by atoms with Crippen molar-refractivity contribution in [1.82, 2.24) is 14.4 Å². The van der Waals surface area contributed by atoms with Crippen molar-refractivity contribution in [3.63, 3.8) is 0 Å². The topological polar surface area (TPSA) is 45.6 Å². The quantitative estimate of drug-likeness (QED) is 0.228. The molecular formula is C29H33BrF3N3O2. The van der Waals surface area contributed by atoms with Gasteiger partial charge in [-0.05, 0) is 60.9 Å². The van der Waals surface area contributed by atoms with Gasteiger partial charge in [0.25, 0.3) is 5.91 Å².